The first-order valence-corrected chi connectivity index (χ1v) is 9.72. The molecule has 0 atom stereocenters. The fraction of sp³-hybridized carbons (Fsp3) is 0.364. The molecule has 1 rings (SSSR count). The summed E-state index contributed by atoms with van der Waals surface area (Å²) in [5.41, 5.74) is -0.180. The van der Waals surface area contributed by atoms with Crippen LogP contribution in [0.1, 0.15) is 23.7 Å². The maximum absolute atomic E-state index is 11.7. The Balaban J connectivity index is 3.43. The van der Waals surface area contributed by atoms with Crippen molar-refractivity contribution in [2.24, 2.45) is 0 Å². The molecule has 0 saturated carbocycles. The number of carbonyl (C=O) groups is 1. The zero-order valence-corrected chi connectivity index (χ0v) is 13.2. The van der Waals surface area contributed by atoms with Crippen molar-refractivity contribution in [3.8, 4) is 0 Å². The fourth-order valence-corrected chi connectivity index (χ4v) is 2.88. The lowest BCUT2D eigenvalue weighted by atomic mass is 10.2. The van der Waals surface area contributed by atoms with Gasteiger partial charge in [0.25, 0.3) is 9.05 Å². The Morgan fingerprint density at radius 2 is 1.70 bits per heavy atom. The highest BCUT2D eigenvalue weighted by Gasteiger charge is 2.20. The Morgan fingerprint density at radius 3 is 2.15 bits per heavy atom. The predicted molar refractivity (Wildman–Crippen MR) is 73.2 cm³/mol. The number of rotatable bonds is 5. The summed E-state index contributed by atoms with van der Waals surface area (Å²) in [6.45, 7) is 1.93. The number of sulfone groups is 1. The Hall–Kier alpha value is -1.12. The van der Waals surface area contributed by atoms with Crippen LogP contribution in [0, 0.1) is 0 Å². The van der Waals surface area contributed by atoms with Gasteiger partial charge in [0.15, 0.2) is 9.84 Å². The normalized spacial score (nSPS) is 12.2. The Morgan fingerprint density at radius 1 is 1.15 bits per heavy atom. The largest absolute Gasteiger partial charge is 0.462 e. The summed E-state index contributed by atoms with van der Waals surface area (Å²) in [5, 5.41) is 0. The molecule has 0 aliphatic heterocycles. The van der Waals surface area contributed by atoms with Crippen LogP contribution in [0.4, 0.5) is 0 Å². The quantitative estimate of drug-likeness (QED) is 0.596. The number of hydrogen-bond acceptors (Lipinski definition) is 6. The fourth-order valence-electron chi connectivity index (χ4n) is 1.32. The van der Waals surface area contributed by atoms with Gasteiger partial charge in [-0.05, 0) is 24.6 Å². The van der Waals surface area contributed by atoms with Crippen molar-refractivity contribution >= 4 is 35.5 Å². The van der Waals surface area contributed by atoms with Gasteiger partial charge < -0.3 is 4.74 Å². The lowest BCUT2D eigenvalue weighted by molar-refractivity contribution is 0.0504. The molecule has 0 aromatic heterocycles. The van der Waals surface area contributed by atoms with E-state index in [-0.39, 0.29) is 17.1 Å². The Bertz CT molecular complexity index is 671. The molecule has 0 radical (unpaired) electrons. The Kier molecular flexibility index (Phi) is 5.17. The van der Waals surface area contributed by atoms with Gasteiger partial charge in [-0.1, -0.05) is 6.92 Å². The van der Waals surface area contributed by atoms with Crippen LogP contribution < -0.4 is 0 Å². The van der Waals surface area contributed by atoms with E-state index in [0.29, 0.717) is 6.42 Å². The minimum atomic E-state index is -4.16. The minimum absolute atomic E-state index is 0.144. The standard InChI is InChI=1S/C11H13ClO6S2/c1-3-4-18-11(13)8-5-9(19(2,14)15)7-10(6-8)20(12,16)17/h5-7H,3-4H2,1-2H3. The molecule has 6 nitrogen and oxygen atoms in total. The molecular formula is C11H13ClO6S2. The molecule has 20 heavy (non-hydrogen) atoms. The summed E-state index contributed by atoms with van der Waals surface area (Å²) >= 11 is 0. The number of hydrogen-bond donors (Lipinski definition) is 0. The predicted octanol–water partition coefficient (Wildman–Crippen LogP) is 1.58. The summed E-state index contributed by atoms with van der Waals surface area (Å²) in [6, 6.07) is 2.93. The average molecular weight is 341 g/mol. The minimum Gasteiger partial charge on any atom is -0.462 e. The van der Waals surface area contributed by atoms with Crippen LogP contribution in [0.2, 0.25) is 0 Å². The van der Waals surface area contributed by atoms with E-state index >= 15 is 0 Å². The first kappa shape index (κ1) is 16.9. The van der Waals surface area contributed by atoms with Gasteiger partial charge in [0.1, 0.15) is 0 Å². The van der Waals surface area contributed by atoms with E-state index in [9.17, 15) is 21.6 Å². The van der Waals surface area contributed by atoms with Gasteiger partial charge in [0, 0.05) is 16.9 Å². The monoisotopic (exact) mass is 340 g/mol. The van der Waals surface area contributed by atoms with Gasteiger partial charge in [-0.15, -0.1) is 0 Å². The van der Waals surface area contributed by atoms with E-state index in [1.165, 1.54) is 0 Å². The number of halogens is 1. The van der Waals surface area contributed by atoms with Crippen LogP contribution in [0.5, 0.6) is 0 Å². The average Bonchev–Trinajstić information content (AvgIpc) is 2.33. The molecular weight excluding hydrogens is 328 g/mol. The third-order valence-electron chi connectivity index (χ3n) is 2.26. The summed E-state index contributed by atoms with van der Waals surface area (Å²) in [4.78, 5) is 10.9. The third-order valence-corrected chi connectivity index (χ3v) is 4.69. The molecule has 0 spiro atoms. The first-order chi connectivity index (χ1) is 9.05. The number of benzene rings is 1. The molecule has 0 amide bonds. The van der Waals surface area contributed by atoms with Crippen LogP contribution in [0.15, 0.2) is 28.0 Å². The summed E-state index contributed by atoms with van der Waals surface area (Å²) in [5.74, 6) is -0.807. The second-order valence-electron chi connectivity index (χ2n) is 4.04. The first-order valence-electron chi connectivity index (χ1n) is 5.52. The maximum atomic E-state index is 11.7. The van der Waals surface area contributed by atoms with Crippen LogP contribution in [-0.4, -0.2) is 35.7 Å². The lowest BCUT2D eigenvalue weighted by Crippen LogP contribution is -2.09. The highest BCUT2D eigenvalue weighted by molar-refractivity contribution is 8.13. The Labute approximate surface area is 122 Å². The molecule has 0 N–H and O–H groups in total. The number of ether oxygens (including phenoxy) is 1. The molecule has 0 fully saturated rings. The molecule has 0 aliphatic rings. The van der Waals surface area contributed by atoms with Crippen molar-refractivity contribution in [3.63, 3.8) is 0 Å². The van der Waals surface area contributed by atoms with Crippen LogP contribution >= 0.6 is 10.7 Å². The molecule has 1 aromatic carbocycles. The molecule has 0 unspecified atom stereocenters. The zero-order chi connectivity index (χ0) is 15.6. The topological polar surface area (TPSA) is 94.6 Å². The lowest BCUT2D eigenvalue weighted by Gasteiger charge is -2.07. The van der Waals surface area contributed by atoms with Crippen molar-refractivity contribution in [3.05, 3.63) is 23.8 Å². The zero-order valence-electron chi connectivity index (χ0n) is 10.8. The highest BCUT2D eigenvalue weighted by Crippen LogP contribution is 2.22. The second-order valence-corrected chi connectivity index (χ2v) is 8.62. The molecule has 0 bridgehead atoms. The van der Waals surface area contributed by atoms with Gasteiger partial charge in [0.2, 0.25) is 0 Å². The second kappa shape index (κ2) is 6.11. The summed E-state index contributed by atoms with van der Waals surface area (Å²) < 4.78 is 50.5. The molecule has 0 aliphatic carbocycles. The van der Waals surface area contributed by atoms with E-state index in [1.807, 2.05) is 0 Å². The third kappa shape index (κ3) is 4.46. The maximum Gasteiger partial charge on any atom is 0.338 e. The van der Waals surface area contributed by atoms with Gasteiger partial charge in [-0.2, -0.15) is 0 Å². The highest BCUT2D eigenvalue weighted by atomic mass is 35.7. The van der Waals surface area contributed by atoms with Crippen molar-refractivity contribution in [2.45, 2.75) is 23.1 Å². The summed E-state index contributed by atoms with van der Waals surface area (Å²) in [7, 11) is -2.67. The van der Waals surface area contributed by atoms with Gasteiger partial charge in [-0.25, -0.2) is 21.6 Å². The van der Waals surface area contributed by atoms with Crippen molar-refractivity contribution < 1.29 is 26.4 Å². The number of carbonyl (C=O) groups excluding carboxylic acids is 1. The van der Waals surface area contributed by atoms with Gasteiger partial charge in [-0.3, -0.25) is 0 Å². The SMILES string of the molecule is CCCOC(=O)c1cc(S(C)(=O)=O)cc(S(=O)(=O)Cl)c1. The molecule has 1 aromatic rings. The van der Waals surface area contributed by atoms with E-state index < -0.39 is 29.8 Å². The molecule has 112 valence electrons. The van der Waals surface area contributed by atoms with E-state index in [2.05, 4.69) is 0 Å². The van der Waals surface area contributed by atoms with Gasteiger partial charge in [0.05, 0.1) is 22.0 Å². The smallest absolute Gasteiger partial charge is 0.338 e. The molecule has 9 heteroatoms. The van der Waals surface area contributed by atoms with Gasteiger partial charge >= 0.3 is 5.97 Å². The van der Waals surface area contributed by atoms with Crippen LogP contribution in [0.3, 0.4) is 0 Å². The molecule has 0 heterocycles. The van der Waals surface area contributed by atoms with Crippen molar-refractivity contribution in [1.29, 1.82) is 0 Å². The van der Waals surface area contributed by atoms with Crippen LogP contribution in [0.25, 0.3) is 0 Å². The van der Waals surface area contributed by atoms with E-state index in [4.69, 9.17) is 15.4 Å². The molecule has 0 saturated heterocycles. The van der Waals surface area contributed by atoms with Crippen molar-refractivity contribution in [1.82, 2.24) is 0 Å². The van der Waals surface area contributed by atoms with E-state index in [0.717, 1.165) is 24.5 Å². The van der Waals surface area contributed by atoms with Crippen LogP contribution in [-0.2, 0) is 23.6 Å². The number of esters is 1. The summed E-state index contributed by atoms with van der Waals surface area (Å²) in [6.07, 6.45) is 1.48. The van der Waals surface area contributed by atoms with Crippen molar-refractivity contribution in [2.75, 3.05) is 12.9 Å². The van der Waals surface area contributed by atoms with E-state index in [1.54, 1.807) is 6.92 Å².